The van der Waals surface area contributed by atoms with Gasteiger partial charge in [0.15, 0.2) is 0 Å². The number of hydrogen-bond donors (Lipinski definition) is 1. The normalized spacial score (nSPS) is 24.6. The first-order valence-corrected chi connectivity index (χ1v) is 8.50. The van der Waals surface area contributed by atoms with Crippen molar-refractivity contribution >= 4 is 11.3 Å². The third-order valence-electron chi connectivity index (χ3n) is 4.29. The molecule has 2 atom stereocenters. The summed E-state index contributed by atoms with van der Waals surface area (Å²) in [6, 6.07) is 0. The first-order valence-electron chi connectivity index (χ1n) is 7.62. The molecular formula is C16H28N2S. The molecule has 0 bridgehead atoms. The van der Waals surface area contributed by atoms with Crippen LogP contribution in [-0.2, 0) is 12.0 Å². The highest BCUT2D eigenvalue weighted by Crippen LogP contribution is 2.29. The lowest BCUT2D eigenvalue weighted by Crippen LogP contribution is -2.29. The van der Waals surface area contributed by atoms with E-state index in [1.54, 1.807) is 11.3 Å². The summed E-state index contributed by atoms with van der Waals surface area (Å²) in [5.74, 6) is 1.76. The molecule has 0 aliphatic heterocycles. The summed E-state index contributed by atoms with van der Waals surface area (Å²) in [6.45, 7) is 11.2. The van der Waals surface area contributed by atoms with Crippen LogP contribution in [0.5, 0.6) is 0 Å². The summed E-state index contributed by atoms with van der Waals surface area (Å²) in [6.07, 6.45) is 5.66. The lowest BCUT2D eigenvalue weighted by atomic mass is 9.80. The van der Waals surface area contributed by atoms with Crippen LogP contribution in [-0.4, -0.2) is 11.5 Å². The van der Waals surface area contributed by atoms with Crippen molar-refractivity contribution < 1.29 is 0 Å². The van der Waals surface area contributed by atoms with Crippen molar-refractivity contribution in [2.75, 3.05) is 6.54 Å². The van der Waals surface area contributed by atoms with Crippen molar-refractivity contribution in [1.29, 1.82) is 0 Å². The van der Waals surface area contributed by atoms with Gasteiger partial charge in [0.25, 0.3) is 0 Å². The van der Waals surface area contributed by atoms with Crippen LogP contribution >= 0.6 is 11.3 Å². The maximum Gasteiger partial charge on any atom is 0.107 e. The van der Waals surface area contributed by atoms with Crippen LogP contribution in [0.25, 0.3) is 0 Å². The van der Waals surface area contributed by atoms with E-state index >= 15 is 0 Å². The third-order valence-corrected chi connectivity index (χ3v) is 5.14. The van der Waals surface area contributed by atoms with Crippen LogP contribution in [0.3, 0.4) is 0 Å². The van der Waals surface area contributed by atoms with Gasteiger partial charge in [-0.05, 0) is 24.8 Å². The lowest BCUT2D eigenvalue weighted by Gasteiger charge is -2.28. The number of nitrogens with one attached hydrogen (secondary N) is 1. The third kappa shape index (κ3) is 4.28. The molecule has 3 heteroatoms. The Kier molecular flexibility index (Phi) is 5.02. The SMILES string of the molecule is CC1CCCCC1CNCc1nc(C(C)(C)C)cs1. The van der Waals surface area contributed by atoms with Gasteiger partial charge in [-0.2, -0.15) is 0 Å². The van der Waals surface area contributed by atoms with Gasteiger partial charge in [0.1, 0.15) is 5.01 Å². The number of aromatic nitrogens is 1. The standard InChI is InChI=1S/C16H28N2S/c1-12-7-5-6-8-13(12)9-17-10-15-18-14(11-19-15)16(2,3)4/h11-13,17H,5-10H2,1-4H3. The van der Waals surface area contributed by atoms with Crippen LogP contribution in [0.1, 0.15) is 64.1 Å². The second-order valence-electron chi connectivity index (χ2n) is 7.03. The Morgan fingerprint density at radius 3 is 2.68 bits per heavy atom. The lowest BCUT2D eigenvalue weighted by molar-refractivity contribution is 0.247. The second kappa shape index (κ2) is 6.36. The highest BCUT2D eigenvalue weighted by atomic mass is 32.1. The Morgan fingerprint density at radius 1 is 1.32 bits per heavy atom. The van der Waals surface area contributed by atoms with Crippen molar-refractivity contribution in [2.45, 2.75) is 65.3 Å². The molecule has 1 aliphatic rings. The van der Waals surface area contributed by atoms with E-state index < -0.39 is 0 Å². The quantitative estimate of drug-likeness (QED) is 0.886. The number of rotatable bonds is 4. The molecule has 1 fully saturated rings. The zero-order valence-corrected chi connectivity index (χ0v) is 13.6. The maximum atomic E-state index is 4.74. The molecule has 1 aliphatic carbocycles. The Bertz CT molecular complexity index is 392. The topological polar surface area (TPSA) is 24.9 Å². The summed E-state index contributed by atoms with van der Waals surface area (Å²) >= 11 is 1.79. The van der Waals surface area contributed by atoms with E-state index in [4.69, 9.17) is 4.98 Å². The maximum absolute atomic E-state index is 4.74. The van der Waals surface area contributed by atoms with Gasteiger partial charge in [-0.3, -0.25) is 0 Å². The van der Waals surface area contributed by atoms with E-state index in [0.29, 0.717) is 0 Å². The van der Waals surface area contributed by atoms with Gasteiger partial charge in [0, 0.05) is 17.3 Å². The van der Waals surface area contributed by atoms with E-state index in [2.05, 4.69) is 38.4 Å². The molecular weight excluding hydrogens is 252 g/mol. The molecule has 1 aromatic heterocycles. The molecule has 2 unspecified atom stereocenters. The van der Waals surface area contributed by atoms with Crippen molar-refractivity contribution in [3.8, 4) is 0 Å². The molecule has 0 radical (unpaired) electrons. The molecule has 108 valence electrons. The van der Waals surface area contributed by atoms with E-state index in [1.165, 1.54) is 36.4 Å². The Hall–Kier alpha value is -0.410. The summed E-state index contributed by atoms with van der Waals surface area (Å²) in [4.78, 5) is 4.74. The fourth-order valence-electron chi connectivity index (χ4n) is 2.80. The van der Waals surface area contributed by atoms with Gasteiger partial charge in [-0.25, -0.2) is 4.98 Å². The Balaban J connectivity index is 1.78. The van der Waals surface area contributed by atoms with Gasteiger partial charge >= 0.3 is 0 Å². The molecule has 2 rings (SSSR count). The van der Waals surface area contributed by atoms with Gasteiger partial charge in [-0.15, -0.1) is 11.3 Å². The minimum atomic E-state index is 0.173. The van der Waals surface area contributed by atoms with Gasteiger partial charge in [0.2, 0.25) is 0 Å². The summed E-state index contributed by atoms with van der Waals surface area (Å²) in [5, 5.41) is 7.05. The van der Waals surface area contributed by atoms with Crippen LogP contribution in [0.2, 0.25) is 0 Å². The van der Waals surface area contributed by atoms with Gasteiger partial charge < -0.3 is 5.32 Å². The molecule has 1 aromatic rings. The first kappa shape index (κ1) is 15.0. The van der Waals surface area contributed by atoms with E-state index in [-0.39, 0.29) is 5.41 Å². The minimum Gasteiger partial charge on any atom is -0.310 e. The van der Waals surface area contributed by atoms with Crippen LogP contribution in [0.4, 0.5) is 0 Å². The van der Waals surface area contributed by atoms with Crippen LogP contribution < -0.4 is 5.32 Å². The number of hydrogen-bond acceptors (Lipinski definition) is 3. The van der Waals surface area contributed by atoms with Crippen molar-refractivity contribution in [1.82, 2.24) is 10.3 Å². The minimum absolute atomic E-state index is 0.173. The largest absolute Gasteiger partial charge is 0.310 e. The first-order chi connectivity index (χ1) is 8.97. The highest BCUT2D eigenvalue weighted by molar-refractivity contribution is 7.09. The molecule has 0 saturated heterocycles. The molecule has 0 spiro atoms. The van der Waals surface area contributed by atoms with E-state index in [9.17, 15) is 0 Å². The predicted molar refractivity (Wildman–Crippen MR) is 83.6 cm³/mol. The molecule has 1 N–H and O–H groups in total. The second-order valence-corrected chi connectivity index (χ2v) is 7.97. The molecule has 1 heterocycles. The monoisotopic (exact) mass is 280 g/mol. The number of nitrogens with zero attached hydrogens (tertiary/aromatic N) is 1. The van der Waals surface area contributed by atoms with E-state index in [0.717, 1.165) is 24.9 Å². The Morgan fingerprint density at radius 2 is 2.05 bits per heavy atom. The summed E-state index contributed by atoms with van der Waals surface area (Å²) in [7, 11) is 0. The smallest absolute Gasteiger partial charge is 0.107 e. The fourth-order valence-corrected chi connectivity index (χ4v) is 3.79. The number of thiazole rings is 1. The van der Waals surface area contributed by atoms with Gasteiger partial charge in [-0.1, -0.05) is 47.0 Å². The summed E-state index contributed by atoms with van der Waals surface area (Å²) < 4.78 is 0. The fraction of sp³-hybridized carbons (Fsp3) is 0.812. The van der Waals surface area contributed by atoms with E-state index in [1.807, 2.05) is 0 Å². The molecule has 19 heavy (non-hydrogen) atoms. The Labute approximate surface area is 122 Å². The summed E-state index contributed by atoms with van der Waals surface area (Å²) in [5.41, 5.74) is 1.40. The van der Waals surface area contributed by atoms with Crippen molar-refractivity contribution in [3.05, 3.63) is 16.1 Å². The highest BCUT2D eigenvalue weighted by Gasteiger charge is 2.21. The van der Waals surface area contributed by atoms with Crippen LogP contribution in [0.15, 0.2) is 5.38 Å². The molecule has 0 amide bonds. The zero-order valence-electron chi connectivity index (χ0n) is 12.8. The molecule has 0 aromatic carbocycles. The average Bonchev–Trinajstić information content (AvgIpc) is 2.80. The average molecular weight is 280 g/mol. The van der Waals surface area contributed by atoms with Crippen molar-refractivity contribution in [3.63, 3.8) is 0 Å². The molecule has 2 nitrogen and oxygen atoms in total. The zero-order chi connectivity index (χ0) is 13.9. The predicted octanol–water partition coefficient (Wildman–Crippen LogP) is 4.36. The van der Waals surface area contributed by atoms with Crippen LogP contribution in [0, 0.1) is 11.8 Å². The molecule has 1 saturated carbocycles. The van der Waals surface area contributed by atoms with Crippen molar-refractivity contribution in [2.24, 2.45) is 11.8 Å². The van der Waals surface area contributed by atoms with Gasteiger partial charge in [0.05, 0.1) is 5.69 Å².